The number of benzene rings is 1. The molecule has 1 aliphatic heterocycles. The Hall–Kier alpha value is -0.750. The highest BCUT2D eigenvalue weighted by Crippen LogP contribution is 2.37. The summed E-state index contributed by atoms with van der Waals surface area (Å²) in [6.07, 6.45) is -4.09. The van der Waals surface area contributed by atoms with Gasteiger partial charge in [0.15, 0.2) is 0 Å². The lowest BCUT2D eigenvalue weighted by molar-refractivity contribution is -0.138. The predicted molar refractivity (Wildman–Crippen MR) is 62.0 cm³/mol. The fourth-order valence-electron chi connectivity index (χ4n) is 1.91. The smallest absolute Gasteiger partial charge is 0.391 e. The molecule has 1 N–H and O–H groups in total. The second-order valence-corrected chi connectivity index (χ2v) is 4.90. The maximum absolute atomic E-state index is 12.5. The molecule has 0 aliphatic carbocycles. The van der Waals surface area contributed by atoms with E-state index in [1.165, 1.54) is 12.1 Å². The van der Waals surface area contributed by atoms with Crippen LogP contribution in [0.15, 0.2) is 22.7 Å². The first-order valence-electron chi connectivity index (χ1n) is 5.17. The Morgan fingerprint density at radius 2 is 2.06 bits per heavy atom. The van der Waals surface area contributed by atoms with Crippen LogP contribution in [0.25, 0.3) is 0 Å². The van der Waals surface area contributed by atoms with Crippen LogP contribution in [0.2, 0.25) is 0 Å². The predicted octanol–water partition coefficient (Wildman–Crippen LogP) is 3.04. The van der Waals surface area contributed by atoms with E-state index in [1.807, 2.05) is 4.90 Å². The summed E-state index contributed by atoms with van der Waals surface area (Å²) in [6.45, 7) is 1.14. The van der Waals surface area contributed by atoms with E-state index < -0.39 is 17.8 Å². The van der Waals surface area contributed by atoms with E-state index in [9.17, 15) is 18.3 Å². The molecule has 1 heterocycles. The summed E-state index contributed by atoms with van der Waals surface area (Å²) in [5.41, 5.74) is 0.0161. The van der Waals surface area contributed by atoms with Crippen molar-refractivity contribution in [2.45, 2.75) is 18.7 Å². The van der Waals surface area contributed by atoms with E-state index in [0.29, 0.717) is 25.2 Å². The number of aliphatic hydroxyl groups is 1. The SMILES string of the molecule is OC1CCN(c2ccc(C(F)(F)F)c(Br)c2)C1. The number of rotatable bonds is 1. The van der Waals surface area contributed by atoms with Crippen molar-refractivity contribution in [2.75, 3.05) is 18.0 Å². The molecule has 0 spiro atoms. The summed E-state index contributed by atoms with van der Waals surface area (Å²) < 4.78 is 37.6. The number of hydrogen-bond donors (Lipinski definition) is 1. The summed E-state index contributed by atoms with van der Waals surface area (Å²) in [6, 6.07) is 3.94. The molecule has 0 saturated carbocycles. The van der Waals surface area contributed by atoms with Crippen molar-refractivity contribution in [1.29, 1.82) is 0 Å². The quantitative estimate of drug-likeness (QED) is 0.862. The van der Waals surface area contributed by atoms with Gasteiger partial charge in [0, 0.05) is 23.2 Å². The van der Waals surface area contributed by atoms with Gasteiger partial charge in [-0.1, -0.05) is 15.9 Å². The summed E-state index contributed by atoms with van der Waals surface area (Å²) in [7, 11) is 0. The Bertz CT molecular complexity index is 422. The molecule has 0 aromatic heterocycles. The average Bonchev–Trinajstić information content (AvgIpc) is 2.62. The van der Waals surface area contributed by atoms with Crippen LogP contribution in [0, 0.1) is 0 Å². The van der Waals surface area contributed by atoms with Crippen molar-refractivity contribution >= 4 is 21.6 Å². The van der Waals surface area contributed by atoms with Crippen LogP contribution < -0.4 is 4.90 Å². The molecular weight excluding hydrogens is 299 g/mol. The van der Waals surface area contributed by atoms with Gasteiger partial charge in [-0.25, -0.2) is 0 Å². The zero-order valence-electron chi connectivity index (χ0n) is 8.84. The molecule has 1 unspecified atom stereocenters. The molecule has 0 radical (unpaired) electrons. The lowest BCUT2D eigenvalue weighted by atomic mass is 10.2. The van der Waals surface area contributed by atoms with Crippen molar-refractivity contribution in [1.82, 2.24) is 0 Å². The lowest BCUT2D eigenvalue weighted by Gasteiger charge is -2.19. The minimum Gasteiger partial charge on any atom is -0.391 e. The van der Waals surface area contributed by atoms with Crippen LogP contribution in [-0.4, -0.2) is 24.3 Å². The standard InChI is InChI=1S/C11H11BrF3NO/c12-10-5-7(16-4-3-8(17)6-16)1-2-9(10)11(13,14)15/h1-2,5,8,17H,3-4,6H2. The molecular formula is C11H11BrF3NO. The van der Waals surface area contributed by atoms with Crippen molar-refractivity contribution in [3.8, 4) is 0 Å². The third-order valence-electron chi connectivity index (χ3n) is 2.79. The van der Waals surface area contributed by atoms with Crippen LogP contribution in [0.3, 0.4) is 0 Å². The van der Waals surface area contributed by atoms with Gasteiger partial charge < -0.3 is 10.0 Å². The highest BCUT2D eigenvalue weighted by atomic mass is 79.9. The molecule has 1 fully saturated rings. The fourth-order valence-corrected chi connectivity index (χ4v) is 2.50. The lowest BCUT2D eigenvalue weighted by Crippen LogP contribution is -2.21. The topological polar surface area (TPSA) is 23.5 Å². The van der Waals surface area contributed by atoms with Crippen LogP contribution >= 0.6 is 15.9 Å². The molecule has 17 heavy (non-hydrogen) atoms. The minimum absolute atomic E-state index is 0.0314. The van der Waals surface area contributed by atoms with E-state index in [1.54, 1.807) is 0 Å². The number of β-amino-alcohol motifs (C(OH)–C–C–N with tert-alkyl or cyclic N) is 1. The van der Waals surface area contributed by atoms with Crippen LogP contribution in [-0.2, 0) is 6.18 Å². The van der Waals surface area contributed by atoms with E-state index in [0.717, 1.165) is 6.07 Å². The first-order valence-corrected chi connectivity index (χ1v) is 5.97. The van der Waals surface area contributed by atoms with Crippen molar-refractivity contribution in [3.05, 3.63) is 28.2 Å². The number of aliphatic hydroxyl groups excluding tert-OH is 1. The molecule has 2 rings (SSSR count). The molecule has 6 heteroatoms. The third-order valence-corrected chi connectivity index (χ3v) is 3.44. The zero-order valence-corrected chi connectivity index (χ0v) is 10.4. The molecule has 1 atom stereocenters. The van der Waals surface area contributed by atoms with Crippen molar-refractivity contribution in [2.24, 2.45) is 0 Å². The summed E-state index contributed by atoms with van der Waals surface area (Å²) in [5, 5.41) is 9.38. The Morgan fingerprint density at radius 3 is 2.53 bits per heavy atom. The summed E-state index contributed by atoms with van der Waals surface area (Å²) >= 11 is 2.94. The van der Waals surface area contributed by atoms with Crippen molar-refractivity contribution < 1.29 is 18.3 Å². The van der Waals surface area contributed by atoms with Crippen LogP contribution in [0.1, 0.15) is 12.0 Å². The largest absolute Gasteiger partial charge is 0.417 e. The summed E-state index contributed by atoms with van der Waals surface area (Å²) in [5.74, 6) is 0. The number of anilines is 1. The van der Waals surface area contributed by atoms with Crippen LogP contribution in [0.4, 0.5) is 18.9 Å². The molecule has 2 nitrogen and oxygen atoms in total. The third kappa shape index (κ3) is 2.74. The number of alkyl halides is 3. The zero-order chi connectivity index (χ0) is 12.6. The second kappa shape index (κ2) is 4.49. The van der Waals surface area contributed by atoms with Gasteiger partial charge in [0.1, 0.15) is 0 Å². The molecule has 0 bridgehead atoms. The highest BCUT2D eigenvalue weighted by Gasteiger charge is 2.33. The number of halogens is 4. The first kappa shape index (κ1) is 12.7. The van der Waals surface area contributed by atoms with Crippen molar-refractivity contribution in [3.63, 3.8) is 0 Å². The maximum atomic E-state index is 12.5. The van der Waals surface area contributed by atoms with Gasteiger partial charge in [-0.15, -0.1) is 0 Å². The first-order chi connectivity index (χ1) is 7.88. The summed E-state index contributed by atoms with van der Waals surface area (Å²) in [4.78, 5) is 1.87. The molecule has 94 valence electrons. The minimum atomic E-state index is -4.35. The molecule has 0 amide bonds. The van der Waals surface area contributed by atoms with E-state index in [4.69, 9.17) is 0 Å². The van der Waals surface area contributed by atoms with Gasteiger partial charge in [0.05, 0.1) is 11.7 Å². The average molecular weight is 310 g/mol. The van der Waals surface area contributed by atoms with Crippen LogP contribution in [0.5, 0.6) is 0 Å². The number of hydrogen-bond acceptors (Lipinski definition) is 2. The monoisotopic (exact) mass is 309 g/mol. The van der Waals surface area contributed by atoms with Gasteiger partial charge in [-0.05, 0) is 24.6 Å². The van der Waals surface area contributed by atoms with E-state index >= 15 is 0 Å². The van der Waals surface area contributed by atoms with Gasteiger partial charge >= 0.3 is 6.18 Å². The molecule has 1 saturated heterocycles. The Kier molecular flexibility index (Phi) is 3.36. The number of nitrogens with zero attached hydrogens (tertiary/aromatic N) is 1. The highest BCUT2D eigenvalue weighted by molar-refractivity contribution is 9.10. The molecule has 1 aliphatic rings. The van der Waals surface area contributed by atoms with Gasteiger partial charge in [0.2, 0.25) is 0 Å². The molecule has 1 aromatic carbocycles. The maximum Gasteiger partial charge on any atom is 0.417 e. The van der Waals surface area contributed by atoms with Gasteiger partial charge in [-0.2, -0.15) is 13.2 Å². The molecule has 1 aromatic rings. The van der Waals surface area contributed by atoms with Gasteiger partial charge in [0.25, 0.3) is 0 Å². The fraction of sp³-hybridized carbons (Fsp3) is 0.455. The normalized spacial score (nSPS) is 21.0. The van der Waals surface area contributed by atoms with Gasteiger partial charge in [-0.3, -0.25) is 0 Å². The Balaban J connectivity index is 2.25. The Labute approximate surface area is 105 Å². The van der Waals surface area contributed by atoms with E-state index in [-0.39, 0.29) is 4.47 Å². The Morgan fingerprint density at radius 1 is 1.35 bits per heavy atom. The second-order valence-electron chi connectivity index (χ2n) is 4.05. The van der Waals surface area contributed by atoms with E-state index in [2.05, 4.69) is 15.9 Å².